The van der Waals surface area contributed by atoms with Gasteiger partial charge in [-0.2, -0.15) is 0 Å². The standard InChI is InChI=1S/C28H27N3O3/c1-31(2)28(33)23-15-13-20(14-16-23)19-29-24(32)17-18-25-30-26(21-9-5-3-6-10-21)27(34-25)22-11-7-4-8-12-22/h3-16H,17-19H2,1-2H3,(H,29,32). The summed E-state index contributed by atoms with van der Waals surface area (Å²) in [6.07, 6.45) is 0.662. The molecule has 0 atom stereocenters. The highest BCUT2D eigenvalue weighted by molar-refractivity contribution is 5.93. The number of rotatable bonds is 8. The molecule has 4 rings (SSSR count). The van der Waals surface area contributed by atoms with Gasteiger partial charge in [0, 0.05) is 50.2 Å². The molecule has 2 amide bonds. The van der Waals surface area contributed by atoms with Crippen LogP contribution in [0, 0.1) is 0 Å². The van der Waals surface area contributed by atoms with Crippen LogP contribution in [0.25, 0.3) is 22.6 Å². The van der Waals surface area contributed by atoms with Gasteiger partial charge in [-0.05, 0) is 17.7 Å². The normalized spacial score (nSPS) is 10.6. The van der Waals surface area contributed by atoms with Crippen molar-refractivity contribution in [2.75, 3.05) is 14.1 Å². The summed E-state index contributed by atoms with van der Waals surface area (Å²) in [6.45, 7) is 0.394. The van der Waals surface area contributed by atoms with E-state index in [9.17, 15) is 9.59 Å². The first-order valence-corrected chi connectivity index (χ1v) is 11.2. The molecule has 1 heterocycles. The molecule has 0 saturated carbocycles. The van der Waals surface area contributed by atoms with Crippen LogP contribution in [-0.4, -0.2) is 35.8 Å². The van der Waals surface area contributed by atoms with E-state index >= 15 is 0 Å². The highest BCUT2D eigenvalue weighted by Crippen LogP contribution is 2.32. The molecule has 6 nitrogen and oxygen atoms in total. The zero-order chi connectivity index (χ0) is 23.9. The van der Waals surface area contributed by atoms with Crippen LogP contribution < -0.4 is 5.32 Å². The summed E-state index contributed by atoms with van der Waals surface area (Å²) >= 11 is 0. The Bertz CT molecular complexity index is 1190. The molecule has 4 aromatic rings. The molecule has 6 heteroatoms. The monoisotopic (exact) mass is 453 g/mol. The average Bonchev–Trinajstić information content (AvgIpc) is 3.31. The summed E-state index contributed by atoms with van der Waals surface area (Å²) < 4.78 is 6.10. The number of aryl methyl sites for hydroxylation is 1. The van der Waals surface area contributed by atoms with E-state index in [1.54, 1.807) is 26.2 Å². The van der Waals surface area contributed by atoms with Crippen molar-refractivity contribution in [1.82, 2.24) is 15.2 Å². The first-order valence-electron chi connectivity index (χ1n) is 11.2. The number of oxazole rings is 1. The van der Waals surface area contributed by atoms with Crippen LogP contribution in [0.4, 0.5) is 0 Å². The van der Waals surface area contributed by atoms with E-state index in [0.717, 1.165) is 22.4 Å². The van der Waals surface area contributed by atoms with Gasteiger partial charge in [0.1, 0.15) is 5.69 Å². The molecule has 0 bridgehead atoms. The molecule has 0 unspecified atom stereocenters. The predicted octanol–water partition coefficient (Wildman–Crippen LogP) is 4.96. The summed E-state index contributed by atoms with van der Waals surface area (Å²) in [6, 6.07) is 27.0. The summed E-state index contributed by atoms with van der Waals surface area (Å²) in [5.74, 6) is 1.09. The van der Waals surface area contributed by atoms with Gasteiger partial charge in [0.2, 0.25) is 5.91 Å². The topological polar surface area (TPSA) is 75.4 Å². The number of carbonyl (C=O) groups is 2. The van der Waals surface area contributed by atoms with Crippen LogP contribution in [-0.2, 0) is 17.8 Å². The fourth-order valence-corrected chi connectivity index (χ4v) is 3.58. The zero-order valence-electron chi connectivity index (χ0n) is 19.3. The highest BCUT2D eigenvalue weighted by atomic mass is 16.4. The summed E-state index contributed by atoms with van der Waals surface area (Å²) in [5, 5.41) is 2.92. The number of benzene rings is 3. The molecule has 172 valence electrons. The van der Waals surface area contributed by atoms with Crippen LogP contribution in [0.5, 0.6) is 0 Å². The molecule has 3 aromatic carbocycles. The maximum absolute atomic E-state index is 12.4. The Morgan fingerprint density at radius 1 is 0.853 bits per heavy atom. The molecule has 0 radical (unpaired) electrons. The summed E-state index contributed by atoms with van der Waals surface area (Å²) in [5.41, 5.74) is 4.23. The maximum Gasteiger partial charge on any atom is 0.253 e. The Labute approximate surface area is 199 Å². The number of aromatic nitrogens is 1. The van der Waals surface area contributed by atoms with Crippen molar-refractivity contribution < 1.29 is 14.0 Å². The number of nitrogens with one attached hydrogen (secondary N) is 1. The second-order valence-electron chi connectivity index (χ2n) is 8.19. The van der Waals surface area contributed by atoms with Crippen molar-refractivity contribution in [2.24, 2.45) is 0 Å². The van der Waals surface area contributed by atoms with E-state index in [0.29, 0.717) is 30.2 Å². The average molecular weight is 454 g/mol. The Hall–Kier alpha value is -4.19. The van der Waals surface area contributed by atoms with Crippen molar-refractivity contribution in [2.45, 2.75) is 19.4 Å². The Morgan fingerprint density at radius 3 is 2.09 bits per heavy atom. The minimum Gasteiger partial charge on any atom is -0.440 e. The fourth-order valence-electron chi connectivity index (χ4n) is 3.58. The molecular formula is C28H27N3O3. The zero-order valence-corrected chi connectivity index (χ0v) is 19.3. The van der Waals surface area contributed by atoms with Crippen LogP contribution in [0.3, 0.4) is 0 Å². The van der Waals surface area contributed by atoms with E-state index in [-0.39, 0.29) is 18.2 Å². The molecule has 0 spiro atoms. The van der Waals surface area contributed by atoms with Gasteiger partial charge in [0.15, 0.2) is 11.7 Å². The van der Waals surface area contributed by atoms with E-state index in [1.807, 2.05) is 72.8 Å². The van der Waals surface area contributed by atoms with Crippen molar-refractivity contribution >= 4 is 11.8 Å². The van der Waals surface area contributed by atoms with Gasteiger partial charge in [-0.25, -0.2) is 4.98 Å². The fraction of sp³-hybridized carbons (Fsp3) is 0.179. The molecular weight excluding hydrogens is 426 g/mol. The van der Waals surface area contributed by atoms with Crippen molar-refractivity contribution in [3.8, 4) is 22.6 Å². The van der Waals surface area contributed by atoms with Gasteiger partial charge in [0.25, 0.3) is 5.91 Å². The lowest BCUT2D eigenvalue weighted by Crippen LogP contribution is -2.23. The van der Waals surface area contributed by atoms with E-state index in [1.165, 1.54) is 4.90 Å². The Kier molecular flexibility index (Phi) is 7.18. The number of hydrogen-bond acceptors (Lipinski definition) is 4. The lowest BCUT2D eigenvalue weighted by Gasteiger charge is -2.10. The lowest BCUT2D eigenvalue weighted by molar-refractivity contribution is -0.121. The molecule has 0 aliphatic carbocycles. The molecule has 1 N–H and O–H groups in total. The van der Waals surface area contributed by atoms with Crippen molar-refractivity contribution in [3.63, 3.8) is 0 Å². The number of hydrogen-bond donors (Lipinski definition) is 1. The van der Waals surface area contributed by atoms with Crippen LogP contribution in [0.1, 0.15) is 28.2 Å². The summed E-state index contributed by atoms with van der Waals surface area (Å²) in [4.78, 5) is 30.7. The van der Waals surface area contributed by atoms with Crippen LogP contribution in [0.15, 0.2) is 89.3 Å². The molecule has 0 aliphatic rings. The summed E-state index contributed by atoms with van der Waals surface area (Å²) in [7, 11) is 3.44. The predicted molar refractivity (Wildman–Crippen MR) is 132 cm³/mol. The minimum absolute atomic E-state index is 0.0497. The van der Waals surface area contributed by atoms with Gasteiger partial charge in [-0.3, -0.25) is 9.59 Å². The second kappa shape index (κ2) is 10.6. The molecule has 0 saturated heterocycles. The molecule has 34 heavy (non-hydrogen) atoms. The first-order chi connectivity index (χ1) is 16.5. The van der Waals surface area contributed by atoms with Gasteiger partial charge < -0.3 is 14.6 Å². The smallest absolute Gasteiger partial charge is 0.253 e. The number of carbonyl (C=O) groups excluding carboxylic acids is 2. The molecule has 1 aromatic heterocycles. The second-order valence-corrected chi connectivity index (χ2v) is 8.19. The Morgan fingerprint density at radius 2 is 1.47 bits per heavy atom. The largest absolute Gasteiger partial charge is 0.440 e. The van der Waals surface area contributed by atoms with Crippen LogP contribution in [0.2, 0.25) is 0 Å². The third-order valence-corrected chi connectivity index (χ3v) is 5.42. The Balaban J connectivity index is 1.39. The van der Waals surface area contributed by atoms with Gasteiger partial charge in [-0.15, -0.1) is 0 Å². The minimum atomic E-state index is -0.0887. The third kappa shape index (κ3) is 5.59. The van der Waals surface area contributed by atoms with E-state index in [4.69, 9.17) is 9.40 Å². The third-order valence-electron chi connectivity index (χ3n) is 5.42. The van der Waals surface area contributed by atoms with Gasteiger partial charge in [-0.1, -0.05) is 72.8 Å². The van der Waals surface area contributed by atoms with E-state index in [2.05, 4.69) is 5.32 Å². The lowest BCUT2D eigenvalue weighted by atomic mass is 10.1. The maximum atomic E-state index is 12.4. The highest BCUT2D eigenvalue weighted by Gasteiger charge is 2.17. The van der Waals surface area contributed by atoms with E-state index < -0.39 is 0 Å². The quantitative estimate of drug-likeness (QED) is 0.409. The van der Waals surface area contributed by atoms with Gasteiger partial charge in [0.05, 0.1) is 0 Å². The SMILES string of the molecule is CN(C)C(=O)c1ccc(CNC(=O)CCc2nc(-c3ccccc3)c(-c3ccccc3)o2)cc1. The van der Waals surface area contributed by atoms with Crippen LogP contribution >= 0.6 is 0 Å². The first kappa shape index (κ1) is 23.0. The van der Waals surface area contributed by atoms with Crippen molar-refractivity contribution in [1.29, 1.82) is 0 Å². The molecule has 0 aliphatic heterocycles. The molecule has 0 fully saturated rings. The number of amides is 2. The number of nitrogens with zero attached hydrogens (tertiary/aromatic N) is 2. The van der Waals surface area contributed by atoms with Gasteiger partial charge >= 0.3 is 0 Å². The van der Waals surface area contributed by atoms with Crippen molar-refractivity contribution in [3.05, 3.63) is 102 Å².